The Morgan fingerprint density at radius 3 is 2.44 bits per heavy atom. The van der Waals surface area contributed by atoms with Gasteiger partial charge in [0.15, 0.2) is 0 Å². The molecule has 2 rings (SSSR count). The Hall–Kier alpha value is -1.63. The molecule has 7 heteroatoms. The number of hydrogen-bond acceptors (Lipinski definition) is 5. The van der Waals surface area contributed by atoms with Crippen LogP contribution < -0.4 is 10.5 Å². The fraction of sp³-hybridized carbons (Fsp3) is 0.500. The normalized spacial score (nSPS) is 11.0. The number of carbonyl (C=O) groups excluding carboxylic acids is 1. The van der Waals surface area contributed by atoms with Crippen molar-refractivity contribution in [2.24, 2.45) is 11.1 Å². The number of hydrogen-bond donors (Lipinski definition) is 1. The highest BCUT2D eigenvalue weighted by Crippen LogP contribution is 2.20. The lowest BCUT2D eigenvalue weighted by Crippen LogP contribution is -2.39. The van der Waals surface area contributed by atoms with E-state index >= 15 is 0 Å². The van der Waals surface area contributed by atoms with Crippen LogP contribution in [-0.2, 0) is 12.8 Å². The number of ether oxygens (including phenoxy) is 1. The highest BCUT2D eigenvalue weighted by Gasteiger charge is 2.23. The first-order chi connectivity index (χ1) is 12.3. The van der Waals surface area contributed by atoms with Gasteiger partial charge in [-0.3, -0.25) is 4.79 Å². The Kier molecular flexibility index (Phi) is 9.22. The van der Waals surface area contributed by atoms with Crippen LogP contribution in [0.3, 0.4) is 0 Å². The van der Waals surface area contributed by atoms with E-state index in [2.05, 4.69) is 25.8 Å². The van der Waals surface area contributed by atoms with E-state index in [0.717, 1.165) is 17.2 Å². The lowest BCUT2D eigenvalue weighted by atomic mass is 9.95. The summed E-state index contributed by atoms with van der Waals surface area (Å²) in [6.45, 7) is 8.31. The van der Waals surface area contributed by atoms with Gasteiger partial charge in [-0.25, -0.2) is 4.98 Å². The zero-order chi connectivity index (χ0) is 19.2. The van der Waals surface area contributed by atoms with Gasteiger partial charge in [-0.05, 0) is 36.1 Å². The molecule has 2 N–H and O–H groups in total. The van der Waals surface area contributed by atoms with E-state index in [1.54, 1.807) is 7.11 Å². The van der Waals surface area contributed by atoms with Crippen LogP contribution in [0.25, 0.3) is 0 Å². The van der Waals surface area contributed by atoms with Gasteiger partial charge >= 0.3 is 0 Å². The van der Waals surface area contributed by atoms with Crippen LogP contribution in [0.2, 0.25) is 0 Å². The number of methoxy groups -OCH3 is 1. The van der Waals surface area contributed by atoms with Crippen molar-refractivity contribution in [3.63, 3.8) is 0 Å². The second kappa shape index (κ2) is 10.6. The molecule has 1 aromatic carbocycles. The number of amides is 1. The third kappa shape index (κ3) is 7.48. The molecule has 1 aromatic heterocycles. The summed E-state index contributed by atoms with van der Waals surface area (Å²) in [7, 11) is 1.66. The van der Waals surface area contributed by atoms with Gasteiger partial charge in [0.1, 0.15) is 11.4 Å². The fourth-order valence-corrected chi connectivity index (χ4v) is 3.48. The van der Waals surface area contributed by atoms with Crippen LogP contribution in [0.1, 0.15) is 41.8 Å². The van der Waals surface area contributed by atoms with E-state index in [0.29, 0.717) is 31.7 Å². The number of aromatic nitrogens is 1. The minimum absolute atomic E-state index is 0. The predicted octanol–water partition coefficient (Wildman–Crippen LogP) is 3.81. The number of nitrogens with zero attached hydrogens (tertiary/aromatic N) is 2. The van der Waals surface area contributed by atoms with Gasteiger partial charge in [0.25, 0.3) is 5.91 Å². The third-order valence-corrected chi connectivity index (χ3v) is 4.82. The van der Waals surface area contributed by atoms with Crippen molar-refractivity contribution in [2.45, 2.75) is 33.6 Å². The Morgan fingerprint density at radius 1 is 1.22 bits per heavy atom. The average Bonchev–Trinajstić information content (AvgIpc) is 3.06. The lowest BCUT2D eigenvalue weighted by Gasteiger charge is -2.29. The van der Waals surface area contributed by atoms with E-state index in [1.165, 1.54) is 16.9 Å². The summed E-state index contributed by atoms with van der Waals surface area (Å²) in [6.07, 6.45) is 1.51. The van der Waals surface area contributed by atoms with Gasteiger partial charge < -0.3 is 15.4 Å². The number of benzene rings is 1. The Balaban J connectivity index is 0.00000364. The average molecular weight is 412 g/mol. The monoisotopic (exact) mass is 411 g/mol. The highest BCUT2D eigenvalue weighted by atomic mass is 35.5. The summed E-state index contributed by atoms with van der Waals surface area (Å²) in [5.74, 6) is 0.833. The van der Waals surface area contributed by atoms with Crippen LogP contribution in [0, 0.1) is 5.41 Å². The van der Waals surface area contributed by atoms with Crippen molar-refractivity contribution in [1.82, 2.24) is 9.88 Å². The molecule has 0 unspecified atom stereocenters. The lowest BCUT2D eigenvalue weighted by molar-refractivity contribution is 0.0692. The Bertz CT molecular complexity index is 711. The van der Waals surface area contributed by atoms with Crippen molar-refractivity contribution in [1.29, 1.82) is 0 Å². The predicted molar refractivity (Wildman–Crippen MR) is 114 cm³/mol. The summed E-state index contributed by atoms with van der Waals surface area (Å²) < 4.78 is 5.20. The van der Waals surface area contributed by atoms with E-state index in [1.807, 2.05) is 34.5 Å². The van der Waals surface area contributed by atoms with Crippen LogP contribution in [0.15, 0.2) is 29.6 Å². The largest absolute Gasteiger partial charge is 0.497 e. The van der Waals surface area contributed by atoms with Gasteiger partial charge in [0, 0.05) is 24.9 Å². The Labute approximate surface area is 172 Å². The second-order valence-electron chi connectivity index (χ2n) is 7.55. The molecule has 0 spiro atoms. The minimum Gasteiger partial charge on any atom is -0.497 e. The van der Waals surface area contributed by atoms with Gasteiger partial charge in [-0.15, -0.1) is 23.7 Å². The van der Waals surface area contributed by atoms with Crippen molar-refractivity contribution < 1.29 is 9.53 Å². The van der Waals surface area contributed by atoms with Crippen LogP contribution >= 0.6 is 23.7 Å². The first kappa shape index (κ1) is 23.4. The number of carbonyl (C=O) groups is 1. The van der Waals surface area contributed by atoms with Gasteiger partial charge in [0.05, 0.1) is 12.1 Å². The van der Waals surface area contributed by atoms with Crippen LogP contribution in [-0.4, -0.2) is 42.5 Å². The quantitative estimate of drug-likeness (QED) is 0.717. The molecule has 27 heavy (non-hydrogen) atoms. The van der Waals surface area contributed by atoms with Gasteiger partial charge in [0.2, 0.25) is 0 Å². The molecule has 0 saturated heterocycles. The zero-order valence-electron chi connectivity index (χ0n) is 16.5. The molecule has 0 aliphatic carbocycles. The maximum atomic E-state index is 13.0. The maximum Gasteiger partial charge on any atom is 0.273 e. The molecule has 150 valence electrons. The number of rotatable bonds is 8. The summed E-state index contributed by atoms with van der Waals surface area (Å²) in [4.78, 5) is 19.3. The van der Waals surface area contributed by atoms with Crippen molar-refractivity contribution in [3.8, 4) is 5.75 Å². The highest BCUT2D eigenvalue weighted by molar-refractivity contribution is 7.09. The molecule has 0 aliphatic rings. The molecule has 0 aliphatic heterocycles. The SMILES string of the molecule is COc1ccc(CCN(CC(C)(C)C)C(=O)c2csc(CCN)n2)cc1.Cl. The number of halogens is 1. The van der Waals surface area contributed by atoms with Crippen molar-refractivity contribution >= 4 is 29.7 Å². The van der Waals surface area contributed by atoms with Crippen molar-refractivity contribution in [3.05, 3.63) is 45.9 Å². The standard InChI is InChI=1S/C20H29N3O2S.ClH/c1-20(2,3)14-23(12-10-15-5-7-16(25-4)8-6-15)19(24)17-13-26-18(22-17)9-11-21;/h5-8,13H,9-12,14,21H2,1-4H3;1H. The second-order valence-corrected chi connectivity index (χ2v) is 8.49. The molecule has 0 bridgehead atoms. The van der Waals surface area contributed by atoms with Crippen LogP contribution in [0.5, 0.6) is 5.75 Å². The molecular formula is C20H30ClN3O2S. The van der Waals surface area contributed by atoms with Gasteiger partial charge in [-0.1, -0.05) is 32.9 Å². The van der Waals surface area contributed by atoms with Crippen molar-refractivity contribution in [2.75, 3.05) is 26.7 Å². The molecule has 0 radical (unpaired) electrons. The zero-order valence-corrected chi connectivity index (χ0v) is 18.2. The van der Waals surface area contributed by atoms with Crippen LogP contribution in [0.4, 0.5) is 0 Å². The van der Waals surface area contributed by atoms with E-state index < -0.39 is 0 Å². The van der Waals surface area contributed by atoms with E-state index in [4.69, 9.17) is 10.5 Å². The topological polar surface area (TPSA) is 68.5 Å². The number of thiazole rings is 1. The maximum absolute atomic E-state index is 13.0. The van der Waals surface area contributed by atoms with Gasteiger partial charge in [-0.2, -0.15) is 0 Å². The Morgan fingerprint density at radius 2 is 1.89 bits per heavy atom. The molecule has 5 nitrogen and oxygen atoms in total. The molecule has 0 atom stereocenters. The molecule has 0 fully saturated rings. The third-order valence-electron chi connectivity index (χ3n) is 3.91. The summed E-state index contributed by atoms with van der Waals surface area (Å²) in [5, 5.41) is 2.76. The molecular weight excluding hydrogens is 382 g/mol. The molecule has 1 heterocycles. The summed E-state index contributed by atoms with van der Waals surface area (Å²) in [6, 6.07) is 7.98. The van der Waals surface area contributed by atoms with E-state index in [-0.39, 0.29) is 23.7 Å². The first-order valence-electron chi connectivity index (χ1n) is 8.89. The molecule has 1 amide bonds. The van der Waals surface area contributed by atoms with E-state index in [9.17, 15) is 4.79 Å². The summed E-state index contributed by atoms with van der Waals surface area (Å²) >= 11 is 1.50. The first-order valence-corrected chi connectivity index (χ1v) is 9.77. The molecule has 2 aromatic rings. The minimum atomic E-state index is -0.00652. The molecule has 0 saturated carbocycles. The summed E-state index contributed by atoms with van der Waals surface area (Å²) in [5.41, 5.74) is 7.31. The number of nitrogens with two attached hydrogens (primary N) is 1. The smallest absolute Gasteiger partial charge is 0.273 e. The fourth-order valence-electron chi connectivity index (χ4n) is 2.69.